The van der Waals surface area contributed by atoms with Crippen LogP contribution in [0.4, 0.5) is 0 Å². The summed E-state index contributed by atoms with van der Waals surface area (Å²) in [6, 6.07) is 8.62. The third kappa shape index (κ3) is 3.06. The van der Waals surface area contributed by atoms with E-state index in [9.17, 15) is 0 Å². The Morgan fingerprint density at radius 1 is 1.09 bits per heavy atom. The minimum Gasteiger partial charge on any atom is -0.399 e. The van der Waals surface area contributed by atoms with Gasteiger partial charge >= 0.3 is 7.12 Å². The monoisotopic (exact) mass is 296 g/mol. The largest absolute Gasteiger partial charge is 0.494 e. The Kier molecular flexibility index (Phi) is 4.04. The van der Waals surface area contributed by atoms with Crippen LogP contribution in [-0.2, 0) is 15.7 Å². The molecule has 1 aliphatic carbocycles. The highest BCUT2D eigenvalue weighted by Gasteiger charge is 2.51. The number of hydrogen-bond acceptors (Lipinski definition) is 2. The molecule has 1 aromatic rings. The van der Waals surface area contributed by atoms with Crippen LogP contribution < -0.4 is 5.46 Å². The lowest BCUT2D eigenvalue weighted by molar-refractivity contribution is 0.00578. The van der Waals surface area contributed by atoms with Crippen molar-refractivity contribution in [1.29, 1.82) is 0 Å². The molecule has 1 saturated heterocycles. The van der Waals surface area contributed by atoms with Gasteiger partial charge in [-0.3, -0.25) is 0 Å². The van der Waals surface area contributed by atoms with E-state index in [0.29, 0.717) is 0 Å². The summed E-state index contributed by atoms with van der Waals surface area (Å²) in [6.07, 6.45) is 9.96. The normalized spacial score (nSPS) is 22.7. The van der Waals surface area contributed by atoms with Crippen LogP contribution in [0.2, 0.25) is 0 Å². The molecule has 116 valence electrons. The van der Waals surface area contributed by atoms with E-state index in [0.717, 1.165) is 24.7 Å². The maximum absolute atomic E-state index is 6.15. The number of rotatable bonds is 3. The second kappa shape index (κ2) is 5.71. The molecule has 0 atom stereocenters. The first kappa shape index (κ1) is 15.6. The fourth-order valence-electron chi connectivity index (χ4n) is 2.89. The summed E-state index contributed by atoms with van der Waals surface area (Å²) in [5.41, 5.74) is 3.36. The molecule has 2 aliphatic rings. The third-order valence-electron chi connectivity index (χ3n) is 5.01. The first-order valence-electron chi connectivity index (χ1n) is 8.16. The predicted molar refractivity (Wildman–Crippen MR) is 92.3 cm³/mol. The Morgan fingerprint density at radius 3 is 2.45 bits per heavy atom. The first-order chi connectivity index (χ1) is 10.4. The topological polar surface area (TPSA) is 18.5 Å². The molecule has 3 heteroatoms. The predicted octanol–water partition coefficient (Wildman–Crippen LogP) is 3.80. The minimum absolute atomic E-state index is 0.273. The van der Waals surface area contributed by atoms with E-state index in [4.69, 9.17) is 9.31 Å². The second-order valence-electron chi connectivity index (χ2n) is 7.30. The van der Waals surface area contributed by atoms with Crippen molar-refractivity contribution in [3.63, 3.8) is 0 Å². The molecule has 0 N–H and O–H groups in total. The Balaban J connectivity index is 1.77. The molecular formula is C19H25BO2. The summed E-state index contributed by atoms with van der Waals surface area (Å²) in [4.78, 5) is 0. The third-order valence-corrected chi connectivity index (χ3v) is 5.01. The molecule has 0 aromatic heterocycles. The highest BCUT2D eigenvalue weighted by atomic mass is 16.7. The summed E-state index contributed by atoms with van der Waals surface area (Å²) in [6.45, 7) is 8.37. The van der Waals surface area contributed by atoms with Crippen molar-refractivity contribution in [1.82, 2.24) is 0 Å². The number of allylic oxidation sites excluding steroid dienone is 4. The maximum Gasteiger partial charge on any atom is 0.494 e. The zero-order chi connectivity index (χ0) is 15.8. The van der Waals surface area contributed by atoms with Crippen LogP contribution in [-0.4, -0.2) is 18.3 Å². The Morgan fingerprint density at radius 2 is 1.82 bits per heavy atom. The molecule has 2 nitrogen and oxygen atoms in total. The Hall–Kier alpha value is -1.32. The van der Waals surface area contributed by atoms with Crippen LogP contribution in [0.3, 0.4) is 0 Å². The lowest BCUT2D eigenvalue weighted by Crippen LogP contribution is -2.41. The van der Waals surface area contributed by atoms with Gasteiger partial charge in [-0.05, 0) is 58.0 Å². The van der Waals surface area contributed by atoms with Crippen LogP contribution in [0.15, 0.2) is 48.1 Å². The lowest BCUT2D eigenvalue weighted by atomic mass is 9.78. The standard InChI is InChI=1S/C19H25BO2/c1-18(2)19(3,4)22-20(21-18)17-12-8-11-16(14-17)13-15-9-6-5-7-10-15/h5-6,8-9,11-12,14H,7,10,13H2,1-4H3. The minimum atomic E-state index is -0.287. The van der Waals surface area contributed by atoms with Gasteiger partial charge in [-0.15, -0.1) is 0 Å². The molecule has 1 aliphatic heterocycles. The molecule has 1 aromatic carbocycles. The number of benzene rings is 1. The van der Waals surface area contributed by atoms with Crippen molar-refractivity contribution in [3.05, 3.63) is 53.6 Å². The van der Waals surface area contributed by atoms with Gasteiger partial charge < -0.3 is 9.31 Å². The molecule has 22 heavy (non-hydrogen) atoms. The maximum atomic E-state index is 6.15. The van der Waals surface area contributed by atoms with Crippen molar-refractivity contribution in [2.45, 2.75) is 58.2 Å². The van der Waals surface area contributed by atoms with Crippen LogP contribution in [0.25, 0.3) is 0 Å². The van der Waals surface area contributed by atoms with Crippen LogP contribution in [0.5, 0.6) is 0 Å². The molecule has 0 saturated carbocycles. The van der Waals surface area contributed by atoms with Crippen molar-refractivity contribution in [2.75, 3.05) is 0 Å². The zero-order valence-corrected chi connectivity index (χ0v) is 14.1. The van der Waals surface area contributed by atoms with Crippen molar-refractivity contribution < 1.29 is 9.31 Å². The lowest BCUT2D eigenvalue weighted by Gasteiger charge is -2.32. The summed E-state index contributed by atoms with van der Waals surface area (Å²) >= 11 is 0. The van der Waals surface area contributed by atoms with Crippen molar-refractivity contribution in [2.24, 2.45) is 0 Å². The van der Waals surface area contributed by atoms with Crippen LogP contribution in [0, 0.1) is 0 Å². The molecule has 0 bridgehead atoms. The van der Waals surface area contributed by atoms with E-state index >= 15 is 0 Å². The van der Waals surface area contributed by atoms with Gasteiger partial charge in [-0.25, -0.2) is 0 Å². The van der Waals surface area contributed by atoms with Crippen LogP contribution >= 0.6 is 0 Å². The average Bonchev–Trinajstić information content (AvgIpc) is 2.69. The Labute approximate surface area is 134 Å². The van der Waals surface area contributed by atoms with Gasteiger partial charge in [0.25, 0.3) is 0 Å². The fourth-order valence-corrected chi connectivity index (χ4v) is 2.89. The quantitative estimate of drug-likeness (QED) is 0.790. The van der Waals surface area contributed by atoms with Crippen LogP contribution in [0.1, 0.15) is 46.1 Å². The van der Waals surface area contributed by atoms with E-state index < -0.39 is 0 Å². The van der Waals surface area contributed by atoms with Gasteiger partial charge in [0.05, 0.1) is 11.2 Å². The van der Waals surface area contributed by atoms with Gasteiger partial charge in [-0.1, -0.05) is 48.1 Å². The van der Waals surface area contributed by atoms with Crippen molar-refractivity contribution in [3.8, 4) is 0 Å². The summed E-state index contributed by atoms with van der Waals surface area (Å²) in [5, 5.41) is 0. The van der Waals surface area contributed by atoms with Crippen molar-refractivity contribution >= 4 is 12.6 Å². The zero-order valence-electron chi connectivity index (χ0n) is 14.1. The molecule has 0 radical (unpaired) electrons. The molecular weight excluding hydrogens is 271 g/mol. The summed E-state index contributed by atoms with van der Waals surface area (Å²) in [5.74, 6) is 0. The molecule has 3 rings (SSSR count). The highest BCUT2D eigenvalue weighted by molar-refractivity contribution is 6.62. The van der Waals surface area contributed by atoms with E-state index in [1.165, 1.54) is 11.1 Å². The van der Waals surface area contributed by atoms with E-state index in [-0.39, 0.29) is 18.3 Å². The van der Waals surface area contributed by atoms with E-state index in [1.54, 1.807) is 0 Å². The molecule has 0 unspecified atom stereocenters. The van der Waals surface area contributed by atoms with E-state index in [2.05, 4.69) is 70.2 Å². The molecule has 0 spiro atoms. The van der Waals surface area contributed by atoms with Gasteiger partial charge in [0.15, 0.2) is 0 Å². The summed E-state index contributed by atoms with van der Waals surface area (Å²) < 4.78 is 12.3. The van der Waals surface area contributed by atoms with Gasteiger partial charge in [0.2, 0.25) is 0 Å². The molecule has 1 fully saturated rings. The molecule has 1 heterocycles. The van der Waals surface area contributed by atoms with Gasteiger partial charge in [0.1, 0.15) is 0 Å². The molecule has 0 amide bonds. The average molecular weight is 296 g/mol. The Bertz CT molecular complexity index is 598. The SMILES string of the molecule is CC1(C)OB(c2cccc(CC3=CC=CCC3)c2)OC1(C)C. The number of hydrogen-bond donors (Lipinski definition) is 0. The second-order valence-corrected chi connectivity index (χ2v) is 7.30. The van der Waals surface area contributed by atoms with E-state index in [1.807, 2.05) is 0 Å². The first-order valence-corrected chi connectivity index (χ1v) is 8.16. The summed E-state index contributed by atoms with van der Waals surface area (Å²) in [7, 11) is -0.273. The highest BCUT2D eigenvalue weighted by Crippen LogP contribution is 2.36. The van der Waals surface area contributed by atoms with Gasteiger partial charge in [-0.2, -0.15) is 0 Å². The van der Waals surface area contributed by atoms with Gasteiger partial charge in [0, 0.05) is 0 Å². The smallest absolute Gasteiger partial charge is 0.399 e. The fraction of sp³-hybridized carbons (Fsp3) is 0.474.